The molecule has 2 rings (SSSR count). The molecule has 1 aromatic rings. The second-order valence-electron chi connectivity index (χ2n) is 6.45. The van der Waals surface area contributed by atoms with Gasteiger partial charge in [-0.25, -0.2) is 0 Å². The van der Waals surface area contributed by atoms with Crippen LogP contribution in [0.4, 0.5) is 5.69 Å². The van der Waals surface area contributed by atoms with Gasteiger partial charge >= 0.3 is 0 Å². The largest absolute Gasteiger partial charge is 0.326 e. The van der Waals surface area contributed by atoms with Crippen molar-refractivity contribution in [3.8, 4) is 0 Å². The lowest BCUT2D eigenvalue weighted by molar-refractivity contribution is -0.120. The molecule has 1 fully saturated rings. The number of nitrogens with zero attached hydrogens (tertiary/aromatic N) is 1. The zero-order valence-electron chi connectivity index (χ0n) is 14.4. The molecule has 2 atom stereocenters. The average molecular weight is 362 g/mol. The fourth-order valence-corrected chi connectivity index (χ4v) is 2.87. The van der Waals surface area contributed by atoms with Crippen LogP contribution < -0.4 is 10.6 Å². The lowest BCUT2D eigenvalue weighted by atomic mass is 9.92. The zero-order chi connectivity index (χ0) is 15.4. The quantitative estimate of drug-likeness (QED) is 0.865. The predicted molar refractivity (Wildman–Crippen MR) is 102 cm³/mol. The second-order valence-corrected chi connectivity index (χ2v) is 6.45. The molecule has 0 radical (unpaired) electrons. The molecule has 6 heteroatoms. The van der Waals surface area contributed by atoms with Crippen LogP contribution in [0.25, 0.3) is 0 Å². The van der Waals surface area contributed by atoms with E-state index < -0.39 is 0 Å². The van der Waals surface area contributed by atoms with Crippen LogP contribution in [0, 0.1) is 12.8 Å². The van der Waals surface area contributed by atoms with E-state index in [9.17, 15) is 4.79 Å². The highest BCUT2D eigenvalue weighted by Gasteiger charge is 2.24. The maximum atomic E-state index is 12.4. The Hall–Kier alpha value is -0.810. The molecule has 1 heterocycles. The van der Waals surface area contributed by atoms with Gasteiger partial charge in [-0.05, 0) is 64.5 Å². The first-order valence-corrected chi connectivity index (χ1v) is 7.74. The Balaban J connectivity index is 0.00000242. The molecule has 0 bridgehead atoms. The monoisotopic (exact) mass is 361 g/mol. The number of hydrogen-bond acceptors (Lipinski definition) is 3. The standard InChI is InChI=1S/C17H27N3O.2ClH/c1-12-5-6-14(11-20(3)4)10-16(12)19-17(21)15-7-8-18-13(2)9-15;;/h5-6,10,13,15,18H,7-9,11H2,1-4H3,(H,19,21);2*1H/t13-,15-;;/m0../s1. The highest BCUT2D eigenvalue weighted by molar-refractivity contribution is 5.93. The number of carbonyl (C=O) groups is 1. The van der Waals surface area contributed by atoms with E-state index in [2.05, 4.69) is 54.8 Å². The molecule has 1 amide bonds. The second kappa shape index (κ2) is 10.1. The highest BCUT2D eigenvalue weighted by atomic mass is 35.5. The van der Waals surface area contributed by atoms with Gasteiger partial charge in [0.15, 0.2) is 0 Å². The molecule has 1 aliphatic rings. The summed E-state index contributed by atoms with van der Waals surface area (Å²) in [6.45, 7) is 5.99. The van der Waals surface area contributed by atoms with Crippen molar-refractivity contribution in [2.75, 3.05) is 26.0 Å². The Bertz CT molecular complexity index is 509. The first-order valence-electron chi connectivity index (χ1n) is 7.74. The zero-order valence-corrected chi connectivity index (χ0v) is 16.0. The maximum Gasteiger partial charge on any atom is 0.227 e. The van der Waals surface area contributed by atoms with Crippen LogP contribution in [0.3, 0.4) is 0 Å². The molecule has 2 N–H and O–H groups in total. The molecule has 0 aliphatic carbocycles. The van der Waals surface area contributed by atoms with Gasteiger partial charge in [-0.1, -0.05) is 12.1 Å². The molecular weight excluding hydrogens is 333 g/mol. The Morgan fingerprint density at radius 2 is 2.04 bits per heavy atom. The van der Waals surface area contributed by atoms with Crippen LogP contribution in [-0.2, 0) is 11.3 Å². The number of carbonyl (C=O) groups excluding carboxylic acids is 1. The number of hydrogen-bond donors (Lipinski definition) is 2. The number of rotatable bonds is 4. The van der Waals surface area contributed by atoms with Gasteiger partial charge in [-0.2, -0.15) is 0 Å². The summed E-state index contributed by atoms with van der Waals surface area (Å²) in [7, 11) is 4.10. The van der Waals surface area contributed by atoms with Gasteiger partial charge in [0.25, 0.3) is 0 Å². The minimum Gasteiger partial charge on any atom is -0.326 e. The smallest absolute Gasteiger partial charge is 0.227 e. The van der Waals surface area contributed by atoms with Gasteiger partial charge in [-0.3, -0.25) is 4.79 Å². The summed E-state index contributed by atoms with van der Waals surface area (Å²) < 4.78 is 0. The Labute approximate surface area is 152 Å². The van der Waals surface area contributed by atoms with Gasteiger partial charge in [0.05, 0.1) is 0 Å². The molecule has 0 aromatic heterocycles. The van der Waals surface area contributed by atoms with Crippen molar-refractivity contribution >= 4 is 36.4 Å². The van der Waals surface area contributed by atoms with Crippen LogP contribution in [0.2, 0.25) is 0 Å². The number of anilines is 1. The lowest BCUT2D eigenvalue weighted by Gasteiger charge is -2.27. The number of amides is 1. The van der Waals surface area contributed by atoms with Crippen LogP contribution in [-0.4, -0.2) is 37.5 Å². The number of benzene rings is 1. The Morgan fingerprint density at radius 1 is 1.35 bits per heavy atom. The minimum atomic E-state index is 0. The number of aryl methyl sites for hydroxylation is 1. The van der Waals surface area contributed by atoms with E-state index in [-0.39, 0.29) is 36.6 Å². The van der Waals surface area contributed by atoms with Crippen LogP contribution in [0.5, 0.6) is 0 Å². The molecule has 1 aliphatic heterocycles. The van der Waals surface area contributed by atoms with Crippen LogP contribution in [0.15, 0.2) is 18.2 Å². The number of halogens is 2. The summed E-state index contributed by atoms with van der Waals surface area (Å²) in [5, 5.41) is 6.52. The summed E-state index contributed by atoms with van der Waals surface area (Å²) in [4.78, 5) is 14.6. The fourth-order valence-electron chi connectivity index (χ4n) is 2.87. The van der Waals surface area contributed by atoms with Gasteiger partial charge in [0.2, 0.25) is 5.91 Å². The third-order valence-corrected chi connectivity index (χ3v) is 4.05. The summed E-state index contributed by atoms with van der Waals surface area (Å²) in [6, 6.07) is 6.73. The van der Waals surface area contributed by atoms with E-state index in [1.807, 2.05) is 6.92 Å². The summed E-state index contributed by atoms with van der Waals surface area (Å²) in [6.07, 6.45) is 1.84. The van der Waals surface area contributed by atoms with Crippen molar-refractivity contribution in [3.05, 3.63) is 29.3 Å². The molecule has 0 spiro atoms. The Morgan fingerprint density at radius 3 is 2.65 bits per heavy atom. The van der Waals surface area contributed by atoms with Crippen molar-refractivity contribution in [1.29, 1.82) is 0 Å². The Kier molecular flexibility index (Phi) is 9.78. The van der Waals surface area contributed by atoms with E-state index >= 15 is 0 Å². The molecule has 1 aromatic carbocycles. The lowest BCUT2D eigenvalue weighted by Crippen LogP contribution is -2.40. The normalized spacial score (nSPS) is 20.4. The molecular formula is C17H29Cl2N3O. The van der Waals surface area contributed by atoms with E-state index in [0.717, 1.165) is 37.2 Å². The first kappa shape index (κ1) is 22.2. The minimum absolute atomic E-state index is 0. The topological polar surface area (TPSA) is 44.4 Å². The van der Waals surface area contributed by atoms with E-state index in [4.69, 9.17) is 0 Å². The van der Waals surface area contributed by atoms with Crippen molar-refractivity contribution in [2.24, 2.45) is 5.92 Å². The van der Waals surface area contributed by atoms with Gasteiger partial charge in [-0.15, -0.1) is 24.8 Å². The third kappa shape index (κ3) is 6.68. The SMILES string of the molecule is Cc1ccc(CN(C)C)cc1NC(=O)[C@H]1CCN[C@@H](C)C1.Cl.Cl. The van der Waals surface area contributed by atoms with E-state index in [1.54, 1.807) is 0 Å². The summed E-state index contributed by atoms with van der Waals surface area (Å²) >= 11 is 0. The summed E-state index contributed by atoms with van der Waals surface area (Å²) in [5.41, 5.74) is 3.29. The van der Waals surface area contributed by atoms with Crippen molar-refractivity contribution in [2.45, 2.75) is 39.3 Å². The molecule has 0 unspecified atom stereocenters. The highest BCUT2D eigenvalue weighted by Crippen LogP contribution is 2.22. The van der Waals surface area contributed by atoms with E-state index in [1.165, 1.54) is 5.56 Å². The van der Waals surface area contributed by atoms with Gasteiger partial charge < -0.3 is 15.5 Å². The molecule has 0 saturated carbocycles. The van der Waals surface area contributed by atoms with Crippen molar-refractivity contribution < 1.29 is 4.79 Å². The van der Waals surface area contributed by atoms with Crippen molar-refractivity contribution in [1.82, 2.24) is 10.2 Å². The number of piperidine rings is 1. The van der Waals surface area contributed by atoms with E-state index in [0.29, 0.717) is 6.04 Å². The maximum absolute atomic E-state index is 12.4. The molecule has 4 nitrogen and oxygen atoms in total. The van der Waals surface area contributed by atoms with Gasteiger partial charge in [0.1, 0.15) is 0 Å². The molecule has 1 saturated heterocycles. The van der Waals surface area contributed by atoms with Crippen LogP contribution in [0.1, 0.15) is 30.9 Å². The van der Waals surface area contributed by atoms with Gasteiger partial charge in [0, 0.05) is 24.2 Å². The molecule has 132 valence electrons. The molecule has 23 heavy (non-hydrogen) atoms. The van der Waals surface area contributed by atoms with Crippen molar-refractivity contribution in [3.63, 3.8) is 0 Å². The fraction of sp³-hybridized carbons (Fsp3) is 0.588. The summed E-state index contributed by atoms with van der Waals surface area (Å²) in [5.74, 6) is 0.284. The number of nitrogens with one attached hydrogen (secondary N) is 2. The first-order chi connectivity index (χ1) is 9.95. The van der Waals surface area contributed by atoms with Crippen LogP contribution >= 0.6 is 24.8 Å². The average Bonchev–Trinajstić information content (AvgIpc) is 2.42. The predicted octanol–water partition coefficient (Wildman–Crippen LogP) is 3.23. The third-order valence-electron chi connectivity index (χ3n) is 4.05.